The molecule has 0 fully saturated rings. The van der Waals surface area contributed by atoms with Crippen molar-refractivity contribution in [2.45, 2.75) is 25.7 Å². The molecule has 4 heterocycles. The van der Waals surface area contributed by atoms with Crippen molar-refractivity contribution in [2.24, 2.45) is 0 Å². The van der Waals surface area contributed by atoms with Crippen LogP contribution in [0.25, 0.3) is 11.5 Å². The van der Waals surface area contributed by atoms with Crippen LogP contribution in [0.3, 0.4) is 0 Å². The minimum atomic E-state index is -4.98. The van der Waals surface area contributed by atoms with E-state index in [0.717, 1.165) is 6.07 Å². The van der Waals surface area contributed by atoms with Gasteiger partial charge in [-0.25, -0.2) is 14.3 Å². The fourth-order valence-corrected chi connectivity index (χ4v) is 4.05. The number of aryl methyl sites for hydroxylation is 1. The Bertz CT molecular complexity index is 1350. The number of hydrogen-bond donors (Lipinski definition) is 0. The van der Waals surface area contributed by atoms with E-state index in [-0.39, 0.29) is 24.1 Å². The van der Waals surface area contributed by atoms with E-state index in [1.54, 1.807) is 53.1 Å². The smallest absolute Gasteiger partial charge is 0.325 e. The number of pyridine rings is 1. The molecule has 0 atom stereocenters. The van der Waals surface area contributed by atoms with Gasteiger partial charge >= 0.3 is 12.4 Å². The summed E-state index contributed by atoms with van der Waals surface area (Å²) < 4.78 is 83.7. The van der Waals surface area contributed by atoms with Gasteiger partial charge in [-0.1, -0.05) is 0 Å². The van der Waals surface area contributed by atoms with Crippen LogP contribution < -0.4 is 4.90 Å². The van der Waals surface area contributed by atoms with E-state index in [1.807, 2.05) is 0 Å². The SMILES string of the molecule is Cc1cc(-n2ccc(-n3cccn3)n2)c2c(n1)N(c1ccc(C(F)(F)F)cc1C(F)(F)F)CC2. The number of rotatable bonds is 3. The van der Waals surface area contributed by atoms with Crippen LogP contribution in [-0.4, -0.2) is 31.1 Å². The minimum absolute atomic E-state index is 0.126. The number of nitrogens with zero attached hydrogens (tertiary/aromatic N) is 6. The van der Waals surface area contributed by atoms with Crippen LogP contribution in [0.5, 0.6) is 0 Å². The summed E-state index contributed by atoms with van der Waals surface area (Å²) in [6.07, 6.45) is -4.50. The maximum Gasteiger partial charge on any atom is 0.418 e. The first-order valence-electron chi connectivity index (χ1n) is 10.1. The molecule has 0 spiro atoms. The predicted molar refractivity (Wildman–Crippen MR) is 110 cm³/mol. The molecule has 0 aliphatic carbocycles. The molecule has 3 aromatic heterocycles. The Balaban J connectivity index is 1.61. The number of benzene rings is 1. The second-order valence-electron chi connectivity index (χ2n) is 7.78. The van der Waals surface area contributed by atoms with E-state index in [1.165, 1.54) is 4.90 Å². The third kappa shape index (κ3) is 3.78. The van der Waals surface area contributed by atoms with Crippen LogP contribution in [0.4, 0.5) is 37.8 Å². The van der Waals surface area contributed by atoms with Gasteiger partial charge in [0.15, 0.2) is 5.82 Å². The first-order chi connectivity index (χ1) is 16.0. The lowest BCUT2D eigenvalue weighted by Crippen LogP contribution is -2.21. The molecule has 1 aliphatic rings. The molecule has 0 radical (unpaired) electrons. The summed E-state index contributed by atoms with van der Waals surface area (Å²) in [6.45, 7) is 1.82. The molecule has 176 valence electrons. The Labute approximate surface area is 189 Å². The van der Waals surface area contributed by atoms with Crippen molar-refractivity contribution < 1.29 is 26.3 Å². The third-order valence-corrected chi connectivity index (χ3v) is 5.53. The van der Waals surface area contributed by atoms with Crippen LogP contribution in [-0.2, 0) is 18.8 Å². The van der Waals surface area contributed by atoms with Gasteiger partial charge in [-0.3, -0.25) is 0 Å². The average Bonchev–Trinajstić information content (AvgIpc) is 3.51. The lowest BCUT2D eigenvalue weighted by Gasteiger charge is -2.24. The van der Waals surface area contributed by atoms with Crippen molar-refractivity contribution in [2.75, 3.05) is 11.4 Å². The molecule has 5 rings (SSSR count). The summed E-state index contributed by atoms with van der Waals surface area (Å²) in [7, 11) is 0. The number of alkyl halides is 6. The normalized spacial score (nSPS) is 14.0. The zero-order valence-corrected chi connectivity index (χ0v) is 17.6. The number of hydrogen-bond acceptors (Lipinski definition) is 4. The Morgan fingerprint density at radius 3 is 2.35 bits per heavy atom. The number of anilines is 2. The van der Waals surface area contributed by atoms with Gasteiger partial charge in [0.2, 0.25) is 0 Å². The summed E-state index contributed by atoms with van der Waals surface area (Å²) >= 11 is 0. The summed E-state index contributed by atoms with van der Waals surface area (Å²) in [5.74, 6) is 0.807. The monoisotopic (exact) mass is 478 g/mol. The molecular formula is C22H16F6N6. The molecule has 1 aromatic carbocycles. The van der Waals surface area contributed by atoms with E-state index in [4.69, 9.17) is 0 Å². The number of fused-ring (bicyclic) bond motifs is 1. The molecule has 0 N–H and O–H groups in total. The highest BCUT2D eigenvalue weighted by Gasteiger charge is 2.40. The molecule has 0 unspecified atom stereocenters. The van der Waals surface area contributed by atoms with Gasteiger partial charge in [0.25, 0.3) is 0 Å². The van der Waals surface area contributed by atoms with Crippen molar-refractivity contribution >= 4 is 11.5 Å². The molecule has 6 nitrogen and oxygen atoms in total. The predicted octanol–water partition coefficient (Wildman–Crippen LogP) is 5.49. The maximum absolute atomic E-state index is 13.8. The first kappa shape index (κ1) is 22.0. The van der Waals surface area contributed by atoms with E-state index in [0.29, 0.717) is 35.2 Å². The second-order valence-corrected chi connectivity index (χ2v) is 7.78. The highest BCUT2D eigenvalue weighted by Crippen LogP contribution is 2.45. The highest BCUT2D eigenvalue weighted by molar-refractivity contribution is 5.73. The van der Waals surface area contributed by atoms with Crippen molar-refractivity contribution in [1.29, 1.82) is 0 Å². The van der Waals surface area contributed by atoms with Gasteiger partial charge in [0.1, 0.15) is 5.82 Å². The molecule has 0 bridgehead atoms. The number of aromatic nitrogens is 5. The zero-order valence-electron chi connectivity index (χ0n) is 17.6. The molecule has 12 heteroatoms. The summed E-state index contributed by atoms with van der Waals surface area (Å²) in [5.41, 5.74) is -1.29. The Morgan fingerprint density at radius 1 is 0.882 bits per heavy atom. The highest BCUT2D eigenvalue weighted by atomic mass is 19.4. The van der Waals surface area contributed by atoms with Gasteiger partial charge in [0.05, 0.1) is 22.5 Å². The van der Waals surface area contributed by atoms with Gasteiger partial charge < -0.3 is 4.90 Å². The molecule has 0 saturated carbocycles. The Hall–Kier alpha value is -3.83. The Morgan fingerprint density at radius 2 is 1.68 bits per heavy atom. The van der Waals surface area contributed by atoms with Crippen LogP contribution in [0, 0.1) is 6.92 Å². The Kier molecular flexibility index (Phi) is 4.92. The summed E-state index contributed by atoms with van der Waals surface area (Å²) in [5, 5.41) is 8.63. The standard InChI is InChI=1S/C22H16F6N6/c1-13-11-18(33-10-6-19(31-33)34-8-2-7-29-34)15-5-9-32(20(15)30-13)17-4-3-14(21(23,24)25)12-16(17)22(26,27)28/h2-4,6-8,10-12H,5,9H2,1H3. The molecular weight excluding hydrogens is 462 g/mol. The molecule has 34 heavy (non-hydrogen) atoms. The quantitative estimate of drug-likeness (QED) is 0.366. The molecule has 1 aliphatic heterocycles. The third-order valence-electron chi connectivity index (χ3n) is 5.53. The van der Waals surface area contributed by atoms with Crippen molar-refractivity contribution in [3.05, 3.63) is 77.4 Å². The average molecular weight is 478 g/mol. The topological polar surface area (TPSA) is 51.8 Å². The van der Waals surface area contributed by atoms with E-state index in [9.17, 15) is 26.3 Å². The van der Waals surface area contributed by atoms with E-state index in [2.05, 4.69) is 15.2 Å². The van der Waals surface area contributed by atoms with Crippen LogP contribution >= 0.6 is 0 Å². The largest absolute Gasteiger partial charge is 0.418 e. The minimum Gasteiger partial charge on any atom is -0.325 e. The zero-order chi connectivity index (χ0) is 24.3. The fourth-order valence-electron chi connectivity index (χ4n) is 4.05. The first-order valence-corrected chi connectivity index (χ1v) is 10.1. The van der Waals surface area contributed by atoms with Gasteiger partial charge in [0, 0.05) is 42.5 Å². The van der Waals surface area contributed by atoms with Crippen LogP contribution in [0.1, 0.15) is 22.4 Å². The van der Waals surface area contributed by atoms with Gasteiger partial charge in [-0.15, -0.1) is 5.10 Å². The summed E-state index contributed by atoms with van der Waals surface area (Å²) in [6, 6.07) is 6.90. The molecule has 0 saturated heterocycles. The lowest BCUT2D eigenvalue weighted by atomic mass is 10.1. The van der Waals surface area contributed by atoms with Crippen molar-refractivity contribution in [3.8, 4) is 11.5 Å². The van der Waals surface area contributed by atoms with Gasteiger partial charge in [-0.05, 0) is 43.7 Å². The van der Waals surface area contributed by atoms with Crippen molar-refractivity contribution in [1.82, 2.24) is 24.5 Å². The lowest BCUT2D eigenvalue weighted by molar-refractivity contribution is -0.142. The number of halogens is 6. The van der Waals surface area contributed by atoms with Crippen LogP contribution in [0.15, 0.2) is 55.0 Å². The van der Waals surface area contributed by atoms with Crippen LogP contribution in [0.2, 0.25) is 0 Å². The summed E-state index contributed by atoms with van der Waals surface area (Å²) in [4.78, 5) is 5.74. The molecule has 0 amide bonds. The maximum atomic E-state index is 13.8. The molecule has 4 aromatic rings. The van der Waals surface area contributed by atoms with E-state index < -0.39 is 23.5 Å². The van der Waals surface area contributed by atoms with Crippen molar-refractivity contribution in [3.63, 3.8) is 0 Å². The van der Waals surface area contributed by atoms with E-state index >= 15 is 0 Å². The van der Waals surface area contributed by atoms with Gasteiger partial charge in [-0.2, -0.15) is 31.4 Å². The second kappa shape index (κ2) is 7.61. The fraction of sp³-hybridized carbons (Fsp3) is 0.227.